The average molecular weight is 412 g/mol. The maximum Gasteiger partial charge on any atom is 0.262 e. The fourth-order valence-corrected chi connectivity index (χ4v) is 4.72. The minimum atomic E-state index is -0.927. The van der Waals surface area contributed by atoms with E-state index in [0.29, 0.717) is 23.7 Å². The highest BCUT2D eigenvalue weighted by atomic mass is 16.2. The molecule has 2 saturated heterocycles. The summed E-state index contributed by atoms with van der Waals surface area (Å²) in [5, 5.41) is 5.66. The molecule has 2 unspecified atom stereocenters. The molecule has 1 aromatic rings. The van der Waals surface area contributed by atoms with Gasteiger partial charge in [0.1, 0.15) is 6.04 Å². The van der Waals surface area contributed by atoms with Crippen molar-refractivity contribution in [1.82, 2.24) is 20.4 Å². The highest BCUT2D eigenvalue weighted by Crippen LogP contribution is 2.29. The molecule has 2 N–H and O–H groups in total. The quantitative estimate of drug-likeness (QED) is 0.702. The Morgan fingerprint density at radius 3 is 2.60 bits per heavy atom. The lowest BCUT2D eigenvalue weighted by atomic mass is 10.0. The van der Waals surface area contributed by atoms with E-state index in [4.69, 9.17) is 0 Å². The van der Waals surface area contributed by atoms with Gasteiger partial charge in [-0.25, -0.2) is 0 Å². The van der Waals surface area contributed by atoms with Crippen molar-refractivity contribution in [3.05, 3.63) is 34.9 Å². The molecule has 0 spiro atoms. The normalized spacial score (nSPS) is 24.8. The van der Waals surface area contributed by atoms with E-state index in [1.54, 1.807) is 12.1 Å². The van der Waals surface area contributed by atoms with E-state index < -0.39 is 23.8 Å². The van der Waals surface area contributed by atoms with Crippen molar-refractivity contribution in [1.29, 1.82) is 0 Å². The summed E-state index contributed by atoms with van der Waals surface area (Å²) in [6, 6.07) is 4.95. The summed E-state index contributed by atoms with van der Waals surface area (Å²) in [5.74, 6) is -1.87. The molecule has 0 aromatic heterocycles. The zero-order valence-electron chi connectivity index (χ0n) is 17.3. The highest BCUT2D eigenvalue weighted by molar-refractivity contribution is 6.23. The van der Waals surface area contributed by atoms with Gasteiger partial charge < -0.3 is 5.32 Å². The molecule has 2 fully saturated rings. The first-order valence-electron chi connectivity index (χ1n) is 10.8. The lowest BCUT2D eigenvalue weighted by Gasteiger charge is -2.30. The summed E-state index contributed by atoms with van der Waals surface area (Å²) in [6.45, 7) is 5.84. The lowest BCUT2D eigenvalue weighted by molar-refractivity contribution is -0.136. The Labute approximate surface area is 176 Å². The number of nitrogens with one attached hydrogen (secondary N) is 2. The third kappa shape index (κ3) is 3.89. The van der Waals surface area contributed by atoms with Crippen molar-refractivity contribution in [2.45, 2.75) is 57.7 Å². The molecule has 0 bridgehead atoms. The fraction of sp³-hybridized carbons (Fsp3) is 0.545. The van der Waals surface area contributed by atoms with Crippen LogP contribution in [0.3, 0.4) is 0 Å². The number of nitrogens with zero attached hydrogens (tertiary/aromatic N) is 2. The van der Waals surface area contributed by atoms with Crippen LogP contribution in [0.1, 0.15) is 65.3 Å². The molecule has 1 aromatic carbocycles. The Balaban J connectivity index is 1.53. The largest absolute Gasteiger partial charge is 0.317 e. The maximum atomic E-state index is 13.0. The Morgan fingerprint density at radius 1 is 1.03 bits per heavy atom. The zero-order chi connectivity index (χ0) is 21.3. The minimum Gasteiger partial charge on any atom is -0.317 e. The number of fused-ring (bicyclic) bond motifs is 1. The molecular formula is C22H28N4O4. The third-order valence-corrected chi connectivity index (χ3v) is 6.36. The van der Waals surface area contributed by atoms with Crippen LogP contribution in [0, 0.1) is 0 Å². The van der Waals surface area contributed by atoms with Gasteiger partial charge in [-0.1, -0.05) is 13.0 Å². The molecule has 3 heterocycles. The van der Waals surface area contributed by atoms with Gasteiger partial charge in [0, 0.05) is 19.0 Å². The van der Waals surface area contributed by atoms with Crippen LogP contribution in [0.2, 0.25) is 0 Å². The van der Waals surface area contributed by atoms with Crippen molar-refractivity contribution in [2.24, 2.45) is 0 Å². The van der Waals surface area contributed by atoms with Gasteiger partial charge in [-0.15, -0.1) is 0 Å². The molecular weight excluding hydrogens is 384 g/mol. The Kier molecular flexibility index (Phi) is 5.97. The van der Waals surface area contributed by atoms with Crippen LogP contribution in [-0.4, -0.2) is 65.1 Å². The summed E-state index contributed by atoms with van der Waals surface area (Å²) >= 11 is 0. The zero-order valence-corrected chi connectivity index (χ0v) is 17.3. The minimum absolute atomic E-state index is 0.122. The van der Waals surface area contributed by atoms with Gasteiger partial charge >= 0.3 is 0 Å². The fourth-order valence-electron chi connectivity index (χ4n) is 4.72. The monoisotopic (exact) mass is 412 g/mol. The van der Waals surface area contributed by atoms with Gasteiger partial charge in [-0.2, -0.15) is 0 Å². The summed E-state index contributed by atoms with van der Waals surface area (Å²) in [6.07, 6.45) is 3.68. The van der Waals surface area contributed by atoms with Crippen LogP contribution in [0.15, 0.2) is 18.2 Å². The van der Waals surface area contributed by atoms with Crippen LogP contribution in [0.4, 0.5) is 0 Å². The van der Waals surface area contributed by atoms with Crippen LogP contribution >= 0.6 is 0 Å². The predicted octanol–water partition coefficient (Wildman–Crippen LogP) is 1.05. The van der Waals surface area contributed by atoms with Crippen molar-refractivity contribution >= 4 is 23.6 Å². The van der Waals surface area contributed by atoms with E-state index in [-0.39, 0.29) is 18.7 Å². The molecule has 8 nitrogen and oxygen atoms in total. The number of hydrogen-bond acceptors (Lipinski definition) is 6. The second kappa shape index (κ2) is 8.65. The topological polar surface area (TPSA) is 98.8 Å². The van der Waals surface area contributed by atoms with Crippen LogP contribution in [0.25, 0.3) is 0 Å². The second-order valence-electron chi connectivity index (χ2n) is 8.22. The molecule has 4 rings (SSSR count). The van der Waals surface area contributed by atoms with E-state index in [0.717, 1.165) is 49.4 Å². The summed E-state index contributed by atoms with van der Waals surface area (Å²) in [7, 11) is 0. The average Bonchev–Trinajstić information content (AvgIpc) is 2.91. The molecule has 2 atom stereocenters. The number of imide groups is 2. The molecule has 30 heavy (non-hydrogen) atoms. The van der Waals surface area contributed by atoms with E-state index in [1.807, 2.05) is 6.07 Å². The van der Waals surface area contributed by atoms with Crippen molar-refractivity contribution < 1.29 is 19.2 Å². The standard InChI is InChI=1S/C22H28N4O4/c1-2-25(15-4-3-10-23-11-9-15)13-14-5-6-16-17(12-14)22(30)26(21(16)29)18-7-8-19(27)24-20(18)28/h5-6,12,15,18,23H,2-4,7-11,13H2,1H3,(H,24,27,28). The smallest absolute Gasteiger partial charge is 0.262 e. The van der Waals surface area contributed by atoms with Gasteiger partial charge in [-0.05, 0) is 63.0 Å². The van der Waals surface area contributed by atoms with Crippen LogP contribution in [-0.2, 0) is 16.1 Å². The SMILES string of the molecule is CCN(Cc1ccc2c(c1)C(=O)N(C1CCC(=O)NC1=O)C2=O)C1CCCNCC1. The van der Waals surface area contributed by atoms with Gasteiger partial charge in [-0.3, -0.25) is 34.3 Å². The van der Waals surface area contributed by atoms with E-state index in [2.05, 4.69) is 22.5 Å². The van der Waals surface area contributed by atoms with Crippen LogP contribution < -0.4 is 10.6 Å². The number of carbonyl (C=O) groups is 4. The van der Waals surface area contributed by atoms with Gasteiger partial charge in [0.15, 0.2) is 0 Å². The first-order valence-corrected chi connectivity index (χ1v) is 10.8. The lowest BCUT2D eigenvalue weighted by Crippen LogP contribution is -2.54. The molecule has 3 aliphatic heterocycles. The van der Waals surface area contributed by atoms with E-state index in [1.165, 1.54) is 0 Å². The number of carbonyl (C=O) groups excluding carboxylic acids is 4. The molecule has 4 amide bonds. The molecule has 3 aliphatic rings. The van der Waals surface area contributed by atoms with E-state index >= 15 is 0 Å². The Hall–Kier alpha value is -2.58. The molecule has 0 aliphatic carbocycles. The van der Waals surface area contributed by atoms with Gasteiger partial charge in [0.05, 0.1) is 11.1 Å². The number of amides is 4. The van der Waals surface area contributed by atoms with Crippen LogP contribution in [0.5, 0.6) is 0 Å². The summed E-state index contributed by atoms with van der Waals surface area (Å²) in [4.78, 5) is 52.9. The summed E-state index contributed by atoms with van der Waals surface area (Å²) < 4.78 is 0. The number of piperidine rings is 1. The maximum absolute atomic E-state index is 13.0. The second-order valence-corrected chi connectivity index (χ2v) is 8.22. The molecule has 8 heteroatoms. The third-order valence-electron chi connectivity index (χ3n) is 6.36. The summed E-state index contributed by atoms with van der Waals surface area (Å²) in [5.41, 5.74) is 1.66. The van der Waals surface area contributed by atoms with Gasteiger partial charge in [0.2, 0.25) is 11.8 Å². The Morgan fingerprint density at radius 2 is 1.83 bits per heavy atom. The first-order chi connectivity index (χ1) is 14.5. The molecule has 0 saturated carbocycles. The van der Waals surface area contributed by atoms with Crippen molar-refractivity contribution in [3.63, 3.8) is 0 Å². The van der Waals surface area contributed by atoms with Crippen molar-refractivity contribution in [3.8, 4) is 0 Å². The predicted molar refractivity (Wildman–Crippen MR) is 110 cm³/mol. The Bertz CT molecular complexity index is 876. The first kappa shape index (κ1) is 20.7. The van der Waals surface area contributed by atoms with Crippen molar-refractivity contribution in [2.75, 3.05) is 19.6 Å². The number of benzene rings is 1. The number of rotatable bonds is 5. The van der Waals surface area contributed by atoms with Gasteiger partial charge in [0.25, 0.3) is 11.8 Å². The molecule has 0 radical (unpaired) electrons. The van der Waals surface area contributed by atoms with E-state index in [9.17, 15) is 19.2 Å². The number of hydrogen-bond donors (Lipinski definition) is 2. The molecule has 160 valence electrons. The highest BCUT2D eigenvalue weighted by Gasteiger charge is 2.44.